The number of hydrogen-bond donors (Lipinski definition) is 1. The maximum Gasteiger partial charge on any atom is 0.350 e. The van der Waals surface area contributed by atoms with E-state index in [9.17, 15) is 14.4 Å². The van der Waals surface area contributed by atoms with Crippen molar-refractivity contribution in [3.05, 3.63) is 34.9 Å². The third-order valence-corrected chi connectivity index (χ3v) is 4.38. The molecule has 0 aromatic carbocycles. The Labute approximate surface area is 132 Å². The number of primary amides is 1. The lowest BCUT2D eigenvalue weighted by molar-refractivity contribution is -0.138. The fourth-order valence-electron chi connectivity index (χ4n) is 2.98. The number of piperidine rings is 1. The molecule has 0 aliphatic carbocycles. The minimum absolute atomic E-state index is 0.0193. The van der Waals surface area contributed by atoms with Crippen LogP contribution in [0.1, 0.15) is 19.8 Å². The second-order valence-corrected chi connectivity index (χ2v) is 5.94. The molecule has 2 aromatic rings. The number of likely N-dealkylation sites (tertiary alicyclic amines) is 1. The van der Waals surface area contributed by atoms with Crippen LogP contribution < -0.4 is 11.4 Å². The molecule has 2 N–H and O–H groups in total. The van der Waals surface area contributed by atoms with E-state index in [1.165, 1.54) is 4.40 Å². The molecule has 0 saturated carbocycles. The summed E-state index contributed by atoms with van der Waals surface area (Å²) in [5, 5.41) is 4.15. The Kier molecular flexibility index (Phi) is 3.89. The Morgan fingerprint density at radius 2 is 2.13 bits per heavy atom. The van der Waals surface area contributed by atoms with Gasteiger partial charge in [0.2, 0.25) is 11.8 Å². The van der Waals surface area contributed by atoms with E-state index in [-0.39, 0.29) is 36.0 Å². The summed E-state index contributed by atoms with van der Waals surface area (Å²) in [5.74, 6) is -0.943. The molecule has 2 amide bonds. The van der Waals surface area contributed by atoms with Crippen molar-refractivity contribution in [1.82, 2.24) is 19.1 Å². The van der Waals surface area contributed by atoms with Crippen LogP contribution in [0.5, 0.6) is 0 Å². The van der Waals surface area contributed by atoms with Crippen molar-refractivity contribution in [2.24, 2.45) is 11.7 Å². The second kappa shape index (κ2) is 5.86. The van der Waals surface area contributed by atoms with Gasteiger partial charge >= 0.3 is 5.69 Å². The fraction of sp³-hybridized carbons (Fsp3) is 0.467. The van der Waals surface area contributed by atoms with Crippen molar-refractivity contribution in [2.75, 3.05) is 6.54 Å². The molecule has 1 fully saturated rings. The molecule has 2 aromatic heterocycles. The van der Waals surface area contributed by atoms with E-state index in [2.05, 4.69) is 5.10 Å². The summed E-state index contributed by atoms with van der Waals surface area (Å²) < 4.78 is 2.54. The van der Waals surface area contributed by atoms with Gasteiger partial charge in [-0.25, -0.2) is 9.48 Å². The van der Waals surface area contributed by atoms with Crippen molar-refractivity contribution in [1.29, 1.82) is 0 Å². The monoisotopic (exact) mass is 317 g/mol. The highest BCUT2D eigenvalue weighted by molar-refractivity contribution is 5.80. The van der Waals surface area contributed by atoms with E-state index in [0.717, 1.165) is 11.1 Å². The predicted molar refractivity (Wildman–Crippen MR) is 82.5 cm³/mol. The largest absolute Gasteiger partial charge is 0.369 e. The van der Waals surface area contributed by atoms with Crippen molar-refractivity contribution in [3.8, 4) is 0 Å². The lowest BCUT2D eigenvalue weighted by Gasteiger charge is -2.36. The summed E-state index contributed by atoms with van der Waals surface area (Å²) in [4.78, 5) is 37.8. The first kappa shape index (κ1) is 15.3. The van der Waals surface area contributed by atoms with Crippen LogP contribution in [0.3, 0.4) is 0 Å². The molecule has 122 valence electrons. The number of hydrogen-bond acceptors (Lipinski definition) is 4. The third kappa shape index (κ3) is 2.84. The van der Waals surface area contributed by atoms with Gasteiger partial charge in [-0.1, -0.05) is 6.07 Å². The van der Waals surface area contributed by atoms with Gasteiger partial charge in [-0.3, -0.25) is 14.0 Å². The van der Waals surface area contributed by atoms with Crippen LogP contribution in [0.2, 0.25) is 0 Å². The number of amides is 2. The van der Waals surface area contributed by atoms with Crippen molar-refractivity contribution >= 4 is 17.5 Å². The number of rotatable bonds is 3. The number of carbonyl (C=O) groups is 2. The van der Waals surface area contributed by atoms with Crippen LogP contribution in [0.15, 0.2) is 29.2 Å². The fourth-order valence-corrected chi connectivity index (χ4v) is 2.98. The van der Waals surface area contributed by atoms with E-state index in [1.807, 2.05) is 6.92 Å². The number of nitrogens with zero attached hydrogens (tertiary/aromatic N) is 4. The predicted octanol–water partition coefficient (Wildman–Crippen LogP) is -0.392. The number of fused-ring (bicyclic) bond motifs is 1. The standard InChI is InChI=1S/C15H19N5O3/c1-10-5-6-11(14(16)22)8-19(10)13(21)9-20-15(23)18-7-3-2-4-12(18)17-20/h2-4,7,10-11H,5-6,8-9H2,1H3,(H2,16,22). The van der Waals surface area contributed by atoms with Crippen LogP contribution in [-0.4, -0.2) is 43.5 Å². The van der Waals surface area contributed by atoms with E-state index in [4.69, 9.17) is 5.73 Å². The zero-order valence-electron chi connectivity index (χ0n) is 12.9. The first-order valence-electron chi connectivity index (χ1n) is 7.60. The van der Waals surface area contributed by atoms with Crippen LogP contribution in [0.25, 0.3) is 5.65 Å². The van der Waals surface area contributed by atoms with Crippen LogP contribution in [-0.2, 0) is 16.1 Å². The lowest BCUT2D eigenvalue weighted by Crippen LogP contribution is -2.50. The summed E-state index contributed by atoms with van der Waals surface area (Å²) in [6, 6.07) is 5.23. The molecular weight excluding hydrogens is 298 g/mol. The molecule has 3 rings (SSSR count). The van der Waals surface area contributed by atoms with Crippen molar-refractivity contribution in [3.63, 3.8) is 0 Å². The Morgan fingerprint density at radius 1 is 1.35 bits per heavy atom. The Hall–Kier alpha value is -2.64. The minimum Gasteiger partial charge on any atom is -0.369 e. The normalized spacial score (nSPS) is 21.5. The molecular formula is C15H19N5O3. The maximum absolute atomic E-state index is 12.5. The second-order valence-electron chi connectivity index (χ2n) is 5.94. The van der Waals surface area contributed by atoms with Crippen LogP contribution in [0, 0.1) is 5.92 Å². The number of nitrogens with two attached hydrogens (primary N) is 1. The van der Waals surface area contributed by atoms with Gasteiger partial charge in [0.05, 0.1) is 5.92 Å². The smallest absolute Gasteiger partial charge is 0.350 e. The average molecular weight is 317 g/mol. The molecule has 0 radical (unpaired) electrons. The van der Waals surface area contributed by atoms with E-state index in [0.29, 0.717) is 18.6 Å². The highest BCUT2D eigenvalue weighted by atomic mass is 16.2. The zero-order chi connectivity index (χ0) is 16.6. The molecule has 1 aliphatic heterocycles. The van der Waals surface area contributed by atoms with Crippen molar-refractivity contribution in [2.45, 2.75) is 32.4 Å². The van der Waals surface area contributed by atoms with Gasteiger partial charge in [0, 0.05) is 18.8 Å². The van der Waals surface area contributed by atoms with E-state index < -0.39 is 0 Å². The first-order chi connectivity index (χ1) is 11.0. The average Bonchev–Trinajstić information content (AvgIpc) is 2.84. The Morgan fingerprint density at radius 3 is 2.83 bits per heavy atom. The SMILES string of the molecule is CC1CCC(C(N)=O)CN1C(=O)Cn1nc2ccccn2c1=O. The Bertz CT molecular complexity index is 809. The van der Waals surface area contributed by atoms with E-state index in [1.54, 1.807) is 29.3 Å². The van der Waals surface area contributed by atoms with E-state index >= 15 is 0 Å². The molecule has 2 unspecified atom stereocenters. The van der Waals surface area contributed by atoms with Crippen LogP contribution in [0.4, 0.5) is 0 Å². The summed E-state index contributed by atoms with van der Waals surface area (Å²) in [7, 11) is 0. The molecule has 0 spiro atoms. The van der Waals surface area contributed by atoms with Crippen LogP contribution >= 0.6 is 0 Å². The highest BCUT2D eigenvalue weighted by Gasteiger charge is 2.31. The molecule has 8 heteroatoms. The highest BCUT2D eigenvalue weighted by Crippen LogP contribution is 2.21. The summed E-state index contributed by atoms with van der Waals surface area (Å²) in [6.45, 7) is 2.09. The van der Waals surface area contributed by atoms with Gasteiger partial charge in [-0.15, -0.1) is 5.10 Å². The third-order valence-electron chi connectivity index (χ3n) is 4.38. The number of aromatic nitrogens is 3. The number of pyridine rings is 1. The van der Waals surface area contributed by atoms with Crippen molar-refractivity contribution < 1.29 is 9.59 Å². The van der Waals surface area contributed by atoms with Gasteiger partial charge in [-0.2, -0.15) is 0 Å². The van der Waals surface area contributed by atoms with Gasteiger partial charge in [0.25, 0.3) is 0 Å². The molecule has 1 aliphatic rings. The minimum atomic E-state index is -0.389. The molecule has 23 heavy (non-hydrogen) atoms. The first-order valence-corrected chi connectivity index (χ1v) is 7.60. The molecule has 1 saturated heterocycles. The Balaban J connectivity index is 1.81. The quantitative estimate of drug-likeness (QED) is 0.832. The molecule has 2 atom stereocenters. The van der Waals surface area contributed by atoms with Gasteiger partial charge in [-0.05, 0) is 31.9 Å². The summed E-state index contributed by atoms with van der Waals surface area (Å²) in [6.07, 6.45) is 3.02. The lowest BCUT2D eigenvalue weighted by atomic mass is 9.93. The number of carbonyl (C=O) groups excluding carboxylic acids is 2. The summed E-state index contributed by atoms with van der Waals surface area (Å²) >= 11 is 0. The zero-order valence-corrected chi connectivity index (χ0v) is 12.9. The maximum atomic E-state index is 12.5. The molecule has 0 bridgehead atoms. The van der Waals surface area contributed by atoms with Gasteiger partial charge in [0.15, 0.2) is 5.65 Å². The molecule has 3 heterocycles. The molecule has 8 nitrogen and oxygen atoms in total. The summed E-state index contributed by atoms with van der Waals surface area (Å²) in [5.41, 5.74) is 5.49. The van der Waals surface area contributed by atoms with Gasteiger partial charge in [0.1, 0.15) is 6.54 Å². The van der Waals surface area contributed by atoms with Gasteiger partial charge < -0.3 is 10.6 Å². The topological polar surface area (TPSA) is 103 Å².